The molecule has 0 saturated heterocycles. The number of carbonyl (C=O) groups excluding carboxylic acids is 1. The Bertz CT molecular complexity index is 827. The fourth-order valence-corrected chi connectivity index (χ4v) is 2.11. The van der Waals surface area contributed by atoms with E-state index in [1.807, 2.05) is 31.2 Å². The fraction of sp³-hybridized carbons (Fsp3) is 0.250. The van der Waals surface area contributed by atoms with Crippen LogP contribution in [0.5, 0.6) is 5.75 Å². The van der Waals surface area contributed by atoms with Gasteiger partial charge in [0.05, 0.1) is 13.7 Å². The molecule has 1 aromatic carbocycles. The summed E-state index contributed by atoms with van der Waals surface area (Å²) < 4.78 is 11.8. The number of aromatic nitrogens is 4. The van der Waals surface area contributed by atoms with E-state index in [0.29, 0.717) is 12.2 Å². The van der Waals surface area contributed by atoms with E-state index in [9.17, 15) is 4.79 Å². The van der Waals surface area contributed by atoms with E-state index in [1.54, 1.807) is 19.4 Å². The molecule has 0 bridgehead atoms. The van der Waals surface area contributed by atoms with Crippen LogP contribution in [0.4, 0.5) is 0 Å². The number of fused-ring (bicyclic) bond motifs is 1. The fourth-order valence-electron chi connectivity index (χ4n) is 2.11. The minimum Gasteiger partial charge on any atom is -0.497 e. The number of carbonyl (C=O) groups is 1. The molecule has 0 aliphatic carbocycles. The first-order chi connectivity index (χ1) is 11.2. The zero-order valence-electron chi connectivity index (χ0n) is 12.9. The van der Waals surface area contributed by atoms with Crippen LogP contribution < -0.4 is 4.74 Å². The maximum Gasteiger partial charge on any atom is 0.378 e. The Balaban J connectivity index is 1.60. The molecule has 3 rings (SSSR count). The van der Waals surface area contributed by atoms with Gasteiger partial charge < -0.3 is 9.47 Å². The molecule has 0 N–H and O–H groups in total. The highest BCUT2D eigenvalue weighted by atomic mass is 16.5. The Morgan fingerprint density at radius 2 is 2.00 bits per heavy atom. The van der Waals surface area contributed by atoms with Crippen molar-refractivity contribution in [3.63, 3.8) is 0 Å². The third-order valence-electron chi connectivity index (χ3n) is 3.40. The molecule has 118 valence electrons. The SMILES string of the molecule is COc1ccc(CCOC(=O)c2nc3nccc(C)n3n2)cc1. The van der Waals surface area contributed by atoms with Gasteiger partial charge in [-0.25, -0.2) is 14.3 Å². The van der Waals surface area contributed by atoms with Crippen molar-refractivity contribution in [3.05, 3.63) is 53.6 Å². The van der Waals surface area contributed by atoms with Crippen LogP contribution in [0.2, 0.25) is 0 Å². The summed E-state index contributed by atoms with van der Waals surface area (Å²) in [4.78, 5) is 20.1. The Morgan fingerprint density at radius 1 is 1.22 bits per heavy atom. The maximum absolute atomic E-state index is 12.0. The zero-order chi connectivity index (χ0) is 16.2. The lowest BCUT2D eigenvalue weighted by molar-refractivity contribution is 0.0495. The van der Waals surface area contributed by atoms with Crippen LogP contribution in [-0.4, -0.2) is 39.3 Å². The second-order valence-corrected chi connectivity index (χ2v) is 4.97. The lowest BCUT2D eigenvalue weighted by Gasteiger charge is -2.04. The summed E-state index contributed by atoms with van der Waals surface area (Å²) in [5.41, 5.74) is 1.90. The van der Waals surface area contributed by atoms with E-state index in [0.717, 1.165) is 17.0 Å². The van der Waals surface area contributed by atoms with Crippen molar-refractivity contribution in [2.45, 2.75) is 13.3 Å². The largest absolute Gasteiger partial charge is 0.497 e. The quantitative estimate of drug-likeness (QED) is 0.669. The predicted octanol–water partition coefficient (Wildman–Crippen LogP) is 1.84. The predicted molar refractivity (Wildman–Crippen MR) is 82.5 cm³/mol. The average molecular weight is 312 g/mol. The summed E-state index contributed by atoms with van der Waals surface area (Å²) in [6.07, 6.45) is 2.23. The molecule has 0 aliphatic heterocycles. The Hall–Kier alpha value is -2.96. The van der Waals surface area contributed by atoms with Crippen molar-refractivity contribution in [1.82, 2.24) is 19.6 Å². The van der Waals surface area contributed by atoms with E-state index in [1.165, 1.54) is 4.52 Å². The van der Waals surface area contributed by atoms with Crippen molar-refractivity contribution in [2.24, 2.45) is 0 Å². The van der Waals surface area contributed by atoms with E-state index >= 15 is 0 Å². The maximum atomic E-state index is 12.0. The van der Waals surface area contributed by atoms with Gasteiger partial charge in [-0.3, -0.25) is 0 Å². The highest BCUT2D eigenvalue weighted by molar-refractivity contribution is 5.85. The van der Waals surface area contributed by atoms with E-state index in [-0.39, 0.29) is 12.4 Å². The topological polar surface area (TPSA) is 78.6 Å². The lowest BCUT2D eigenvalue weighted by Crippen LogP contribution is -2.10. The summed E-state index contributed by atoms with van der Waals surface area (Å²) in [5, 5.41) is 4.11. The van der Waals surface area contributed by atoms with Gasteiger partial charge in [0.2, 0.25) is 0 Å². The van der Waals surface area contributed by atoms with Crippen molar-refractivity contribution in [1.29, 1.82) is 0 Å². The monoisotopic (exact) mass is 312 g/mol. The molecule has 0 atom stereocenters. The minimum atomic E-state index is -0.552. The molecule has 0 unspecified atom stereocenters. The molecule has 0 radical (unpaired) electrons. The first kappa shape index (κ1) is 15.0. The van der Waals surface area contributed by atoms with Gasteiger partial charge in [0, 0.05) is 18.3 Å². The molecular formula is C16H16N4O3. The number of rotatable bonds is 5. The van der Waals surface area contributed by atoms with Gasteiger partial charge in [-0.15, -0.1) is 5.10 Å². The van der Waals surface area contributed by atoms with Gasteiger partial charge in [-0.1, -0.05) is 12.1 Å². The highest BCUT2D eigenvalue weighted by Crippen LogP contribution is 2.12. The summed E-state index contributed by atoms with van der Waals surface area (Å²) in [6, 6.07) is 9.40. The Labute approximate surface area is 132 Å². The van der Waals surface area contributed by atoms with Gasteiger partial charge in [0.15, 0.2) is 0 Å². The normalized spacial score (nSPS) is 10.7. The molecule has 23 heavy (non-hydrogen) atoms. The van der Waals surface area contributed by atoms with Gasteiger partial charge in [0.1, 0.15) is 5.75 Å². The summed E-state index contributed by atoms with van der Waals surface area (Å²) in [5.74, 6) is 0.638. The minimum absolute atomic E-state index is 0.0153. The smallest absolute Gasteiger partial charge is 0.378 e. The van der Waals surface area contributed by atoms with Crippen molar-refractivity contribution >= 4 is 11.7 Å². The number of ether oxygens (including phenoxy) is 2. The van der Waals surface area contributed by atoms with Gasteiger partial charge in [0.25, 0.3) is 11.6 Å². The number of hydrogen-bond acceptors (Lipinski definition) is 6. The first-order valence-electron chi connectivity index (χ1n) is 7.16. The molecule has 2 heterocycles. The van der Waals surface area contributed by atoms with E-state index < -0.39 is 5.97 Å². The summed E-state index contributed by atoms with van der Waals surface area (Å²) in [7, 11) is 1.62. The first-order valence-corrected chi connectivity index (χ1v) is 7.16. The molecule has 0 amide bonds. The molecule has 0 spiro atoms. The number of aryl methyl sites for hydroxylation is 1. The van der Waals surface area contributed by atoms with Crippen LogP contribution in [0.25, 0.3) is 5.78 Å². The molecule has 0 aliphatic rings. The average Bonchev–Trinajstić information content (AvgIpc) is 3.01. The zero-order valence-corrected chi connectivity index (χ0v) is 12.9. The van der Waals surface area contributed by atoms with Crippen molar-refractivity contribution in [2.75, 3.05) is 13.7 Å². The van der Waals surface area contributed by atoms with E-state index in [4.69, 9.17) is 9.47 Å². The second kappa shape index (κ2) is 6.43. The van der Waals surface area contributed by atoms with Gasteiger partial charge in [-0.2, -0.15) is 4.98 Å². The Morgan fingerprint density at radius 3 is 2.70 bits per heavy atom. The number of methoxy groups -OCH3 is 1. The van der Waals surface area contributed by atoms with E-state index in [2.05, 4.69) is 15.1 Å². The number of esters is 1. The van der Waals surface area contributed by atoms with Crippen molar-refractivity contribution in [3.8, 4) is 5.75 Å². The molecule has 2 aromatic heterocycles. The number of nitrogens with zero attached hydrogens (tertiary/aromatic N) is 4. The van der Waals surface area contributed by atoms with Gasteiger partial charge >= 0.3 is 5.97 Å². The third kappa shape index (κ3) is 3.28. The lowest BCUT2D eigenvalue weighted by atomic mass is 10.1. The third-order valence-corrected chi connectivity index (χ3v) is 3.40. The molecule has 7 nitrogen and oxygen atoms in total. The molecule has 0 fully saturated rings. The van der Waals surface area contributed by atoms with Crippen LogP contribution in [0, 0.1) is 6.92 Å². The van der Waals surface area contributed by atoms with Crippen LogP contribution in [0.15, 0.2) is 36.5 Å². The summed E-state index contributed by atoms with van der Waals surface area (Å²) >= 11 is 0. The Kier molecular flexibility index (Phi) is 4.18. The number of benzene rings is 1. The van der Waals surface area contributed by atoms with Crippen LogP contribution in [-0.2, 0) is 11.2 Å². The number of hydrogen-bond donors (Lipinski definition) is 0. The van der Waals surface area contributed by atoms with Crippen LogP contribution in [0.1, 0.15) is 21.9 Å². The van der Waals surface area contributed by atoms with Crippen LogP contribution >= 0.6 is 0 Å². The molecule has 7 heteroatoms. The molecular weight excluding hydrogens is 296 g/mol. The molecule has 0 saturated carbocycles. The van der Waals surface area contributed by atoms with Crippen LogP contribution in [0.3, 0.4) is 0 Å². The van der Waals surface area contributed by atoms with Gasteiger partial charge in [-0.05, 0) is 30.7 Å². The molecule has 3 aromatic rings. The van der Waals surface area contributed by atoms with Crippen molar-refractivity contribution < 1.29 is 14.3 Å². The second-order valence-electron chi connectivity index (χ2n) is 4.97. The standard InChI is InChI=1S/C16H16N4O3/c1-11-7-9-17-16-18-14(19-20(11)16)15(21)23-10-8-12-3-5-13(22-2)6-4-12/h3-7,9H,8,10H2,1-2H3. The summed E-state index contributed by atoms with van der Waals surface area (Å²) in [6.45, 7) is 2.12. The highest BCUT2D eigenvalue weighted by Gasteiger charge is 2.15.